The van der Waals surface area contributed by atoms with Crippen LogP contribution in [0.5, 0.6) is 5.75 Å². The van der Waals surface area contributed by atoms with Crippen LogP contribution in [0.25, 0.3) is 0 Å². The molecule has 2 aromatic carbocycles. The minimum Gasteiger partial charge on any atom is -0.491 e. The standard InChI is InChI=1S/C24H26N2O4/c1-16(2)30-20-10-7-18(8-11-20)12-13-25-23(27)19-9-6-17(3)21(15-19)26-24(28)22-5-4-14-29-22/h4-11,14-16H,12-13H2,1-3H3,(H,25,27)(H,26,28). The average molecular weight is 406 g/mol. The number of hydrogen-bond acceptors (Lipinski definition) is 4. The van der Waals surface area contributed by atoms with Gasteiger partial charge in [-0.25, -0.2) is 0 Å². The molecule has 0 aliphatic heterocycles. The first-order valence-electron chi connectivity index (χ1n) is 9.91. The molecule has 0 spiro atoms. The topological polar surface area (TPSA) is 80.6 Å². The summed E-state index contributed by atoms with van der Waals surface area (Å²) in [6.45, 7) is 6.35. The Kier molecular flexibility index (Phi) is 6.91. The SMILES string of the molecule is Cc1ccc(C(=O)NCCc2ccc(OC(C)C)cc2)cc1NC(=O)c1ccco1. The van der Waals surface area contributed by atoms with E-state index in [1.165, 1.54) is 6.26 Å². The van der Waals surface area contributed by atoms with Crippen molar-refractivity contribution in [2.75, 3.05) is 11.9 Å². The molecule has 0 saturated carbocycles. The fourth-order valence-corrected chi connectivity index (χ4v) is 2.92. The van der Waals surface area contributed by atoms with E-state index in [-0.39, 0.29) is 23.7 Å². The molecule has 3 aromatic rings. The molecular formula is C24H26N2O4. The van der Waals surface area contributed by atoms with Crippen molar-refractivity contribution < 1.29 is 18.7 Å². The van der Waals surface area contributed by atoms with Crippen LogP contribution in [-0.2, 0) is 6.42 Å². The van der Waals surface area contributed by atoms with E-state index in [9.17, 15) is 9.59 Å². The highest BCUT2D eigenvalue weighted by Gasteiger charge is 2.13. The number of benzene rings is 2. The van der Waals surface area contributed by atoms with Crippen molar-refractivity contribution in [1.82, 2.24) is 5.32 Å². The highest BCUT2D eigenvalue weighted by Crippen LogP contribution is 2.18. The van der Waals surface area contributed by atoms with Gasteiger partial charge in [0.25, 0.3) is 11.8 Å². The fraction of sp³-hybridized carbons (Fsp3) is 0.250. The van der Waals surface area contributed by atoms with Crippen molar-refractivity contribution in [1.29, 1.82) is 0 Å². The van der Waals surface area contributed by atoms with Crippen LogP contribution in [0.2, 0.25) is 0 Å². The lowest BCUT2D eigenvalue weighted by Crippen LogP contribution is -2.26. The third kappa shape index (κ3) is 5.73. The Labute approximate surface area is 176 Å². The Morgan fingerprint density at radius 1 is 1.03 bits per heavy atom. The highest BCUT2D eigenvalue weighted by molar-refractivity contribution is 6.03. The summed E-state index contributed by atoms with van der Waals surface area (Å²) in [6.07, 6.45) is 2.29. The van der Waals surface area contributed by atoms with Gasteiger partial charge in [-0.05, 0) is 74.7 Å². The summed E-state index contributed by atoms with van der Waals surface area (Å²) in [5.74, 6) is 0.504. The molecule has 2 N–H and O–H groups in total. The fourth-order valence-electron chi connectivity index (χ4n) is 2.92. The average Bonchev–Trinajstić information content (AvgIpc) is 3.25. The number of anilines is 1. The van der Waals surface area contributed by atoms with E-state index in [0.29, 0.717) is 24.2 Å². The lowest BCUT2D eigenvalue weighted by Gasteiger charge is -2.11. The number of nitrogens with one attached hydrogen (secondary N) is 2. The van der Waals surface area contributed by atoms with E-state index >= 15 is 0 Å². The van der Waals surface area contributed by atoms with Crippen molar-refractivity contribution in [2.45, 2.75) is 33.3 Å². The van der Waals surface area contributed by atoms with Gasteiger partial charge in [0.15, 0.2) is 5.76 Å². The number of furan rings is 1. The molecular weight excluding hydrogens is 380 g/mol. The Morgan fingerprint density at radius 3 is 2.47 bits per heavy atom. The maximum absolute atomic E-state index is 12.5. The first-order valence-corrected chi connectivity index (χ1v) is 9.91. The lowest BCUT2D eigenvalue weighted by atomic mass is 10.1. The predicted molar refractivity (Wildman–Crippen MR) is 116 cm³/mol. The molecule has 0 bridgehead atoms. The second kappa shape index (κ2) is 9.78. The number of hydrogen-bond donors (Lipinski definition) is 2. The van der Waals surface area contributed by atoms with Gasteiger partial charge in [-0.1, -0.05) is 18.2 Å². The maximum Gasteiger partial charge on any atom is 0.291 e. The monoisotopic (exact) mass is 406 g/mol. The molecule has 0 fully saturated rings. The van der Waals surface area contributed by atoms with Gasteiger partial charge in [-0.2, -0.15) is 0 Å². The zero-order valence-electron chi connectivity index (χ0n) is 17.4. The van der Waals surface area contributed by atoms with Crippen LogP contribution < -0.4 is 15.4 Å². The molecule has 0 aliphatic carbocycles. The van der Waals surface area contributed by atoms with Crippen molar-refractivity contribution in [2.24, 2.45) is 0 Å². The summed E-state index contributed by atoms with van der Waals surface area (Å²) in [4.78, 5) is 24.7. The predicted octanol–water partition coefficient (Wildman–Crippen LogP) is 4.60. The molecule has 1 aromatic heterocycles. The van der Waals surface area contributed by atoms with Crippen LogP contribution in [0.15, 0.2) is 65.3 Å². The summed E-state index contributed by atoms with van der Waals surface area (Å²) >= 11 is 0. The minimum atomic E-state index is -0.356. The third-order valence-corrected chi connectivity index (χ3v) is 4.49. The van der Waals surface area contributed by atoms with Gasteiger partial charge in [0.1, 0.15) is 5.75 Å². The molecule has 6 nitrogen and oxygen atoms in total. The first-order chi connectivity index (χ1) is 14.4. The van der Waals surface area contributed by atoms with E-state index in [1.807, 2.05) is 45.0 Å². The number of ether oxygens (including phenoxy) is 1. The molecule has 156 valence electrons. The van der Waals surface area contributed by atoms with Crippen LogP contribution in [0.4, 0.5) is 5.69 Å². The van der Waals surface area contributed by atoms with Gasteiger partial charge >= 0.3 is 0 Å². The minimum absolute atomic E-state index is 0.137. The van der Waals surface area contributed by atoms with Gasteiger partial charge in [0.05, 0.1) is 12.4 Å². The van der Waals surface area contributed by atoms with Crippen LogP contribution in [0.3, 0.4) is 0 Å². The van der Waals surface area contributed by atoms with Gasteiger partial charge in [0, 0.05) is 17.8 Å². The number of rotatable bonds is 8. The molecule has 1 heterocycles. The van der Waals surface area contributed by atoms with Crippen molar-refractivity contribution >= 4 is 17.5 Å². The summed E-state index contributed by atoms with van der Waals surface area (Å²) in [7, 11) is 0. The second-order valence-electron chi connectivity index (χ2n) is 7.28. The van der Waals surface area contributed by atoms with Crippen LogP contribution >= 0.6 is 0 Å². The quantitative estimate of drug-likeness (QED) is 0.573. The number of aryl methyl sites for hydroxylation is 1. The number of carbonyl (C=O) groups is 2. The maximum atomic E-state index is 12.5. The summed E-state index contributed by atoms with van der Waals surface area (Å²) < 4.78 is 10.7. The van der Waals surface area contributed by atoms with Crippen molar-refractivity contribution in [3.05, 3.63) is 83.3 Å². The van der Waals surface area contributed by atoms with Gasteiger partial charge in [-0.3, -0.25) is 9.59 Å². The summed E-state index contributed by atoms with van der Waals surface area (Å²) in [6, 6.07) is 16.3. The molecule has 6 heteroatoms. The number of carbonyl (C=O) groups excluding carboxylic acids is 2. The number of amides is 2. The highest BCUT2D eigenvalue weighted by atomic mass is 16.5. The molecule has 0 atom stereocenters. The molecule has 0 aliphatic rings. The van der Waals surface area contributed by atoms with E-state index in [0.717, 1.165) is 16.9 Å². The van der Waals surface area contributed by atoms with Gasteiger partial charge in [0.2, 0.25) is 0 Å². The Bertz CT molecular complexity index is 993. The molecule has 2 amide bonds. The van der Waals surface area contributed by atoms with E-state index in [4.69, 9.17) is 9.15 Å². The van der Waals surface area contributed by atoms with Gasteiger partial charge < -0.3 is 19.8 Å². The summed E-state index contributed by atoms with van der Waals surface area (Å²) in [5, 5.41) is 5.70. The molecule has 3 rings (SSSR count). The molecule has 0 saturated heterocycles. The van der Waals surface area contributed by atoms with Crippen molar-refractivity contribution in [3.8, 4) is 5.75 Å². The van der Waals surface area contributed by atoms with Gasteiger partial charge in [-0.15, -0.1) is 0 Å². The second-order valence-corrected chi connectivity index (χ2v) is 7.28. The smallest absolute Gasteiger partial charge is 0.291 e. The van der Waals surface area contributed by atoms with Crippen LogP contribution in [0.1, 0.15) is 45.9 Å². The van der Waals surface area contributed by atoms with E-state index in [1.54, 1.807) is 30.3 Å². The lowest BCUT2D eigenvalue weighted by molar-refractivity contribution is 0.0952. The van der Waals surface area contributed by atoms with Crippen molar-refractivity contribution in [3.63, 3.8) is 0 Å². The van der Waals surface area contributed by atoms with Crippen LogP contribution in [-0.4, -0.2) is 24.5 Å². The molecule has 0 radical (unpaired) electrons. The normalized spacial score (nSPS) is 10.7. The summed E-state index contributed by atoms with van der Waals surface area (Å²) in [5.41, 5.74) is 3.03. The van der Waals surface area contributed by atoms with Crippen LogP contribution in [0, 0.1) is 6.92 Å². The Hall–Kier alpha value is -3.54. The Morgan fingerprint density at radius 2 is 1.80 bits per heavy atom. The third-order valence-electron chi connectivity index (χ3n) is 4.49. The zero-order valence-corrected chi connectivity index (χ0v) is 17.4. The van der Waals surface area contributed by atoms with E-state index in [2.05, 4.69) is 10.6 Å². The zero-order chi connectivity index (χ0) is 21.5. The Balaban J connectivity index is 1.55. The first kappa shape index (κ1) is 21.2. The molecule has 30 heavy (non-hydrogen) atoms. The van der Waals surface area contributed by atoms with E-state index < -0.39 is 0 Å². The largest absolute Gasteiger partial charge is 0.491 e. The molecule has 0 unspecified atom stereocenters.